The van der Waals surface area contributed by atoms with Gasteiger partial charge in [-0.25, -0.2) is 10.1 Å². The molecule has 1 aromatic heterocycles. The van der Waals surface area contributed by atoms with Crippen molar-refractivity contribution >= 4 is 23.7 Å². The number of carbonyl (C=O) groups excluding carboxylic acids is 1. The third-order valence-electron chi connectivity index (χ3n) is 3.32. The number of aromatic nitrogens is 2. The van der Waals surface area contributed by atoms with E-state index in [2.05, 4.69) is 15.6 Å². The molecule has 0 bridgehead atoms. The molecule has 0 saturated heterocycles. The third kappa shape index (κ3) is 3.70. The maximum atomic E-state index is 11.2. The summed E-state index contributed by atoms with van der Waals surface area (Å²) in [5.41, 5.74) is 5.86. The van der Waals surface area contributed by atoms with Crippen LogP contribution in [0.4, 0.5) is 0 Å². The fraction of sp³-hybridized carbons (Fsp3) is 0.0556. The molecule has 24 heavy (non-hydrogen) atoms. The first kappa shape index (κ1) is 16.0. The standard InChI is InChI=1S/C18H15ClN4O/c19-11-17(24)21-20-12-15-13-23(16-9-5-2-6-10-16)22-18(15)14-7-3-1-4-8-14/h1-10,12-13H,11H2,(H,21,24). The van der Waals surface area contributed by atoms with E-state index < -0.39 is 0 Å². The van der Waals surface area contributed by atoms with Crippen LogP contribution in [0.15, 0.2) is 72.0 Å². The van der Waals surface area contributed by atoms with E-state index in [-0.39, 0.29) is 11.8 Å². The van der Waals surface area contributed by atoms with Crippen molar-refractivity contribution in [3.05, 3.63) is 72.4 Å². The molecule has 5 nitrogen and oxygen atoms in total. The molecule has 0 unspecified atom stereocenters. The number of nitrogens with zero attached hydrogens (tertiary/aromatic N) is 3. The Hall–Kier alpha value is -2.92. The number of hydrazone groups is 1. The van der Waals surface area contributed by atoms with Gasteiger partial charge in [0.2, 0.25) is 0 Å². The molecule has 3 aromatic rings. The van der Waals surface area contributed by atoms with Gasteiger partial charge in [-0.2, -0.15) is 10.2 Å². The molecule has 0 spiro atoms. The molecule has 0 atom stereocenters. The Kier molecular flexibility index (Phi) is 5.03. The summed E-state index contributed by atoms with van der Waals surface area (Å²) in [6, 6.07) is 19.6. The fourth-order valence-corrected chi connectivity index (χ4v) is 2.28. The van der Waals surface area contributed by atoms with Crippen molar-refractivity contribution in [2.45, 2.75) is 0 Å². The second kappa shape index (κ2) is 7.57. The van der Waals surface area contributed by atoms with E-state index in [0.29, 0.717) is 0 Å². The summed E-state index contributed by atoms with van der Waals surface area (Å²) in [7, 11) is 0. The maximum absolute atomic E-state index is 11.2. The highest BCUT2D eigenvalue weighted by Crippen LogP contribution is 2.22. The second-order valence-corrected chi connectivity index (χ2v) is 5.27. The van der Waals surface area contributed by atoms with Crippen molar-refractivity contribution in [2.24, 2.45) is 5.10 Å². The summed E-state index contributed by atoms with van der Waals surface area (Å²) in [5, 5.41) is 8.60. The normalized spacial score (nSPS) is 10.9. The molecule has 1 heterocycles. The lowest BCUT2D eigenvalue weighted by molar-refractivity contribution is -0.118. The molecule has 3 rings (SSSR count). The van der Waals surface area contributed by atoms with Crippen LogP contribution in [0.25, 0.3) is 16.9 Å². The molecule has 0 saturated carbocycles. The minimum atomic E-state index is -0.357. The van der Waals surface area contributed by atoms with Crippen LogP contribution in [-0.2, 0) is 4.79 Å². The molecular formula is C18H15ClN4O. The highest BCUT2D eigenvalue weighted by atomic mass is 35.5. The van der Waals surface area contributed by atoms with Gasteiger partial charge in [0.1, 0.15) is 11.6 Å². The third-order valence-corrected chi connectivity index (χ3v) is 3.57. The Morgan fingerprint density at radius 2 is 1.79 bits per heavy atom. The molecule has 0 radical (unpaired) electrons. The highest BCUT2D eigenvalue weighted by Gasteiger charge is 2.10. The number of hydrogen-bond donors (Lipinski definition) is 1. The van der Waals surface area contributed by atoms with Crippen LogP contribution in [0.5, 0.6) is 0 Å². The van der Waals surface area contributed by atoms with Crippen LogP contribution in [-0.4, -0.2) is 27.8 Å². The highest BCUT2D eigenvalue weighted by molar-refractivity contribution is 6.27. The van der Waals surface area contributed by atoms with Gasteiger partial charge < -0.3 is 0 Å². The van der Waals surface area contributed by atoms with Gasteiger partial charge in [-0.1, -0.05) is 48.5 Å². The second-order valence-electron chi connectivity index (χ2n) is 5.01. The van der Waals surface area contributed by atoms with Crippen molar-refractivity contribution in [1.29, 1.82) is 0 Å². The first-order chi connectivity index (χ1) is 11.8. The van der Waals surface area contributed by atoms with Crippen LogP contribution >= 0.6 is 11.6 Å². The Morgan fingerprint density at radius 3 is 2.46 bits per heavy atom. The summed E-state index contributed by atoms with van der Waals surface area (Å²) in [5.74, 6) is -0.490. The predicted molar refractivity (Wildman–Crippen MR) is 95.5 cm³/mol. The van der Waals surface area contributed by atoms with Crippen molar-refractivity contribution in [3.63, 3.8) is 0 Å². The Balaban J connectivity index is 1.99. The number of alkyl halides is 1. The zero-order chi connectivity index (χ0) is 16.8. The molecule has 1 amide bonds. The zero-order valence-electron chi connectivity index (χ0n) is 12.8. The number of halogens is 1. The summed E-state index contributed by atoms with van der Waals surface area (Å²) in [6.45, 7) is 0. The van der Waals surface area contributed by atoms with E-state index in [0.717, 1.165) is 22.5 Å². The van der Waals surface area contributed by atoms with E-state index in [1.165, 1.54) is 0 Å². The van der Waals surface area contributed by atoms with Gasteiger partial charge in [0, 0.05) is 17.3 Å². The molecule has 0 aliphatic rings. The van der Waals surface area contributed by atoms with Gasteiger partial charge in [0.15, 0.2) is 0 Å². The van der Waals surface area contributed by atoms with Gasteiger partial charge in [-0.05, 0) is 12.1 Å². The first-order valence-corrected chi connectivity index (χ1v) is 7.90. The largest absolute Gasteiger partial charge is 0.272 e. The molecule has 0 fully saturated rings. The van der Waals surface area contributed by atoms with E-state index in [1.54, 1.807) is 10.9 Å². The Labute approximate surface area is 144 Å². The predicted octanol–water partition coefficient (Wildman–Crippen LogP) is 3.23. The number of hydrogen-bond acceptors (Lipinski definition) is 3. The van der Waals surface area contributed by atoms with Gasteiger partial charge in [0.25, 0.3) is 5.91 Å². The fourth-order valence-electron chi connectivity index (χ4n) is 2.22. The lowest BCUT2D eigenvalue weighted by Crippen LogP contribution is -2.18. The average Bonchev–Trinajstić information content (AvgIpc) is 3.07. The van der Waals surface area contributed by atoms with Crippen LogP contribution in [0.2, 0.25) is 0 Å². The van der Waals surface area contributed by atoms with Gasteiger partial charge >= 0.3 is 0 Å². The number of carbonyl (C=O) groups is 1. The molecule has 6 heteroatoms. The van der Waals surface area contributed by atoms with Crippen molar-refractivity contribution in [2.75, 3.05) is 5.88 Å². The van der Waals surface area contributed by atoms with Crippen LogP contribution in [0.1, 0.15) is 5.56 Å². The van der Waals surface area contributed by atoms with Crippen LogP contribution in [0.3, 0.4) is 0 Å². The van der Waals surface area contributed by atoms with E-state index in [9.17, 15) is 4.79 Å². The smallest absolute Gasteiger partial charge is 0.254 e. The molecule has 120 valence electrons. The lowest BCUT2D eigenvalue weighted by Gasteiger charge is -2.00. The number of amides is 1. The molecule has 0 aliphatic carbocycles. The number of benzene rings is 2. The quantitative estimate of drug-likeness (QED) is 0.441. The maximum Gasteiger partial charge on any atom is 0.254 e. The average molecular weight is 339 g/mol. The van der Waals surface area contributed by atoms with Crippen molar-refractivity contribution in [3.8, 4) is 16.9 Å². The minimum Gasteiger partial charge on any atom is -0.272 e. The van der Waals surface area contributed by atoms with Gasteiger partial charge in [-0.3, -0.25) is 4.79 Å². The molecule has 1 N–H and O–H groups in total. The molecular weight excluding hydrogens is 324 g/mol. The summed E-state index contributed by atoms with van der Waals surface area (Å²) >= 11 is 5.44. The monoisotopic (exact) mass is 338 g/mol. The number of rotatable bonds is 5. The van der Waals surface area contributed by atoms with E-state index in [1.807, 2.05) is 66.9 Å². The first-order valence-electron chi connectivity index (χ1n) is 7.36. The lowest BCUT2D eigenvalue weighted by atomic mass is 10.1. The van der Waals surface area contributed by atoms with Crippen LogP contribution in [0, 0.1) is 0 Å². The molecule has 2 aromatic carbocycles. The SMILES string of the molecule is O=C(CCl)NN=Cc1cn(-c2ccccc2)nc1-c1ccccc1. The zero-order valence-corrected chi connectivity index (χ0v) is 13.5. The summed E-state index contributed by atoms with van der Waals surface area (Å²) in [6.07, 6.45) is 3.44. The van der Waals surface area contributed by atoms with E-state index >= 15 is 0 Å². The number of para-hydroxylation sites is 1. The Morgan fingerprint density at radius 1 is 1.12 bits per heavy atom. The topological polar surface area (TPSA) is 59.3 Å². The minimum absolute atomic E-state index is 0.133. The van der Waals surface area contributed by atoms with Gasteiger partial charge in [0.05, 0.1) is 11.9 Å². The number of nitrogens with one attached hydrogen (secondary N) is 1. The van der Waals surface area contributed by atoms with Crippen LogP contribution < -0.4 is 5.43 Å². The van der Waals surface area contributed by atoms with Crippen molar-refractivity contribution < 1.29 is 4.79 Å². The van der Waals surface area contributed by atoms with Crippen molar-refractivity contribution in [1.82, 2.24) is 15.2 Å². The van der Waals surface area contributed by atoms with E-state index in [4.69, 9.17) is 11.6 Å². The Bertz CT molecular complexity index is 844. The van der Waals surface area contributed by atoms with Gasteiger partial charge in [-0.15, -0.1) is 11.6 Å². The molecule has 0 aliphatic heterocycles. The summed E-state index contributed by atoms with van der Waals surface area (Å²) < 4.78 is 1.78. The summed E-state index contributed by atoms with van der Waals surface area (Å²) in [4.78, 5) is 11.2.